The number of nitrogens with zero attached hydrogens (tertiary/aromatic N) is 2. The third-order valence-electron chi connectivity index (χ3n) is 5.74. The van der Waals surface area contributed by atoms with Gasteiger partial charge in [0, 0.05) is 38.7 Å². The zero-order valence-corrected chi connectivity index (χ0v) is 19.9. The van der Waals surface area contributed by atoms with Gasteiger partial charge < -0.3 is 10.2 Å². The predicted octanol–water partition coefficient (Wildman–Crippen LogP) is 3.21. The van der Waals surface area contributed by atoms with Crippen LogP contribution in [0.1, 0.15) is 43.9 Å². The topological polar surface area (TPSA) is 86.8 Å². The molecule has 2 amide bonds. The number of sulfonamides is 1. The molecule has 1 unspecified atom stereocenters. The Morgan fingerprint density at radius 1 is 1.09 bits per heavy atom. The van der Waals surface area contributed by atoms with E-state index in [1.807, 2.05) is 30.3 Å². The normalized spacial score (nSPS) is 15.4. The Balaban J connectivity index is 1.68. The van der Waals surface area contributed by atoms with Crippen LogP contribution >= 0.6 is 0 Å². The fourth-order valence-electron chi connectivity index (χ4n) is 3.89. The standard InChI is InChI=1S/C25H31N3O4S/c1-3-28(4-2)33(31,32)22-15-12-20(13-16-22)14-17-24(29)26-23(21-9-6-5-7-10-21)19-27-18-8-11-25(27)30/h5-7,9-10,12-17,23H,3-4,8,11,18-19H2,1-2H3,(H,26,29)/b17-14+. The minimum Gasteiger partial charge on any atom is -0.344 e. The van der Waals surface area contributed by atoms with Crippen molar-refractivity contribution in [2.75, 3.05) is 26.2 Å². The summed E-state index contributed by atoms with van der Waals surface area (Å²) < 4.78 is 26.6. The van der Waals surface area contributed by atoms with E-state index in [1.54, 1.807) is 49.1 Å². The van der Waals surface area contributed by atoms with Crippen LogP contribution in [0.25, 0.3) is 6.08 Å². The molecule has 1 heterocycles. The average molecular weight is 470 g/mol. The van der Waals surface area contributed by atoms with Crippen molar-refractivity contribution in [2.24, 2.45) is 0 Å². The second kappa shape index (κ2) is 11.2. The van der Waals surface area contributed by atoms with Gasteiger partial charge in [-0.25, -0.2) is 8.42 Å². The largest absolute Gasteiger partial charge is 0.344 e. The smallest absolute Gasteiger partial charge is 0.244 e. The molecule has 1 N–H and O–H groups in total. The lowest BCUT2D eigenvalue weighted by Gasteiger charge is -2.24. The summed E-state index contributed by atoms with van der Waals surface area (Å²) in [5.74, 6) is -0.171. The van der Waals surface area contributed by atoms with Crippen molar-refractivity contribution in [3.8, 4) is 0 Å². The molecular formula is C25H31N3O4S. The van der Waals surface area contributed by atoms with E-state index in [0.29, 0.717) is 32.6 Å². The summed E-state index contributed by atoms with van der Waals surface area (Å²) in [4.78, 5) is 26.7. The fourth-order valence-corrected chi connectivity index (χ4v) is 5.35. The lowest BCUT2D eigenvalue weighted by atomic mass is 10.1. The number of hydrogen-bond donors (Lipinski definition) is 1. The van der Waals surface area contributed by atoms with Crippen LogP contribution < -0.4 is 5.32 Å². The van der Waals surface area contributed by atoms with E-state index in [1.165, 1.54) is 10.4 Å². The maximum atomic E-state index is 12.6. The van der Waals surface area contributed by atoms with E-state index in [4.69, 9.17) is 0 Å². The molecule has 0 bridgehead atoms. The van der Waals surface area contributed by atoms with Crippen LogP contribution in [0.5, 0.6) is 0 Å². The van der Waals surface area contributed by atoms with Crippen LogP contribution in [0.15, 0.2) is 65.6 Å². The number of likely N-dealkylation sites (tertiary alicyclic amines) is 1. The number of carbonyl (C=O) groups is 2. The van der Waals surface area contributed by atoms with E-state index in [0.717, 1.165) is 17.5 Å². The van der Waals surface area contributed by atoms with Gasteiger partial charge in [-0.2, -0.15) is 4.31 Å². The van der Waals surface area contributed by atoms with Gasteiger partial charge in [0.15, 0.2) is 0 Å². The molecule has 1 saturated heterocycles. The Hall–Kier alpha value is -2.97. The van der Waals surface area contributed by atoms with Gasteiger partial charge in [-0.1, -0.05) is 56.3 Å². The number of amides is 2. The Bertz CT molecular complexity index is 1080. The second-order valence-corrected chi connectivity index (χ2v) is 9.84. The quantitative estimate of drug-likeness (QED) is 0.542. The first-order valence-corrected chi connectivity index (χ1v) is 12.7. The zero-order chi connectivity index (χ0) is 23.8. The van der Waals surface area contributed by atoms with Gasteiger partial charge in [0.2, 0.25) is 21.8 Å². The van der Waals surface area contributed by atoms with Crippen molar-refractivity contribution >= 4 is 27.9 Å². The molecule has 33 heavy (non-hydrogen) atoms. The van der Waals surface area contributed by atoms with Gasteiger partial charge in [0.05, 0.1) is 10.9 Å². The Morgan fingerprint density at radius 3 is 2.33 bits per heavy atom. The Kier molecular flexibility index (Phi) is 8.41. The summed E-state index contributed by atoms with van der Waals surface area (Å²) in [6.07, 6.45) is 4.46. The molecule has 1 atom stereocenters. The number of nitrogens with one attached hydrogen (secondary N) is 1. The van der Waals surface area contributed by atoms with E-state index in [9.17, 15) is 18.0 Å². The van der Waals surface area contributed by atoms with Crippen LogP contribution in [0.3, 0.4) is 0 Å². The second-order valence-electron chi connectivity index (χ2n) is 7.91. The van der Waals surface area contributed by atoms with Crippen LogP contribution in [0.2, 0.25) is 0 Å². The predicted molar refractivity (Wildman–Crippen MR) is 129 cm³/mol. The highest BCUT2D eigenvalue weighted by atomic mass is 32.2. The maximum absolute atomic E-state index is 12.6. The molecule has 7 nitrogen and oxygen atoms in total. The summed E-state index contributed by atoms with van der Waals surface area (Å²) in [6, 6.07) is 15.7. The summed E-state index contributed by atoms with van der Waals surface area (Å²) in [7, 11) is -3.51. The van der Waals surface area contributed by atoms with Crippen molar-refractivity contribution in [3.05, 3.63) is 71.8 Å². The minimum absolute atomic E-state index is 0.112. The van der Waals surface area contributed by atoms with Gasteiger partial charge >= 0.3 is 0 Å². The highest BCUT2D eigenvalue weighted by Gasteiger charge is 2.25. The van der Waals surface area contributed by atoms with Crippen LogP contribution in [-0.4, -0.2) is 55.6 Å². The lowest BCUT2D eigenvalue weighted by molar-refractivity contribution is -0.128. The number of hydrogen-bond acceptors (Lipinski definition) is 4. The Morgan fingerprint density at radius 2 is 1.76 bits per heavy atom. The van der Waals surface area contributed by atoms with Crippen molar-refractivity contribution in [3.63, 3.8) is 0 Å². The summed E-state index contributed by atoms with van der Waals surface area (Å²) >= 11 is 0. The molecule has 0 radical (unpaired) electrons. The van der Waals surface area contributed by atoms with Crippen LogP contribution in [0, 0.1) is 0 Å². The zero-order valence-electron chi connectivity index (χ0n) is 19.1. The molecule has 1 aliphatic rings. The van der Waals surface area contributed by atoms with E-state index in [2.05, 4.69) is 5.32 Å². The molecule has 3 rings (SSSR count). The van der Waals surface area contributed by atoms with Gasteiger partial charge in [0.25, 0.3) is 0 Å². The van der Waals surface area contributed by atoms with E-state index >= 15 is 0 Å². The first kappa shape index (κ1) is 24.7. The lowest BCUT2D eigenvalue weighted by Crippen LogP contribution is -2.38. The molecule has 176 valence electrons. The minimum atomic E-state index is -3.51. The van der Waals surface area contributed by atoms with Gasteiger partial charge in [-0.05, 0) is 35.8 Å². The summed E-state index contributed by atoms with van der Waals surface area (Å²) in [5.41, 5.74) is 1.65. The third kappa shape index (κ3) is 6.30. The molecule has 1 aliphatic heterocycles. The monoisotopic (exact) mass is 469 g/mol. The molecule has 2 aromatic rings. The highest BCUT2D eigenvalue weighted by molar-refractivity contribution is 7.89. The molecular weight excluding hydrogens is 438 g/mol. The van der Waals surface area contributed by atoms with Crippen molar-refractivity contribution < 1.29 is 18.0 Å². The van der Waals surface area contributed by atoms with Crippen molar-refractivity contribution in [2.45, 2.75) is 37.6 Å². The average Bonchev–Trinajstić information content (AvgIpc) is 3.23. The molecule has 0 aliphatic carbocycles. The first-order valence-electron chi connectivity index (χ1n) is 11.3. The molecule has 0 spiro atoms. The van der Waals surface area contributed by atoms with Gasteiger partial charge in [0.1, 0.15) is 0 Å². The molecule has 0 aromatic heterocycles. The van der Waals surface area contributed by atoms with Crippen molar-refractivity contribution in [1.82, 2.24) is 14.5 Å². The van der Waals surface area contributed by atoms with Crippen LogP contribution in [0.4, 0.5) is 0 Å². The van der Waals surface area contributed by atoms with E-state index in [-0.39, 0.29) is 22.8 Å². The first-order chi connectivity index (χ1) is 15.8. The molecule has 0 saturated carbocycles. The van der Waals surface area contributed by atoms with Gasteiger partial charge in [-0.15, -0.1) is 0 Å². The SMILES string of the molecule is CCN(CC)S(=O)(=O)c1ccc(/C=C/C(=O)NC(CN2CCCC2=O)c2ccccc2)cc1. The summed E-state index contributed by atoms with van der Waals surface area (Å²) in [6.45, 7) is 5.56. The fraction of sp³-hybridized carbons (Fsp3) is 0.360. The molecule has 1 fully saturated rings. The van der Waals surface area contributed by atoms with E-state index < -0.39 is 10.0 Å². The van der Waals surface area contributed by atoms with Crippen molar-refractivity contribution in [1.29, 1.82) is 0 Å². The summed E-state index contributed by atoms with van der Waals surface area (Å²) in [5, 5.41) is 2.99. The van der Waals surface area contributed by atoms with Crippen LogP contribution in [-0.2, 0) is 19.6 Å². The Labute approximate surface area is 196 Å². The number of carbonyl (C=O) groups excluding carboxylic acids is 2. The highest BCUT2D eigenvalue weighted by Crippen LogP contribution is 2.19. The maximum Gasteiger partial charge on any atom is 0.244 e. The van der Waals surface area contributed by atoms with Gasteiger partial charge in [-0.3, -0.25) is 9.59 Å². The molecule has 2 aromatic carbocycles. The number of rotatable bonds is 10. The third-order valence-corrected chi connectivity index (χ3v) is 7.81. The number of benzene rings is 2. The molecule has 8 heteroatoms.